The largest absolute Gasteiger partial charge is 0.493 e. The summed E-state index contributed by atoms with van der Waals surface area (Å²) < 4.78 is 33.3. The third-order valence-electron chi connectivity index (χ3n) is 10.6. The molecule has 0 aliphatic carbocycles. The number of methoxy groups -OCH3 is 1. The van der Waals surface area contributed by atoms with Crippen molar-refractivity contribution in [3.05, 3.63) is 81.3 Å². The molecule has 2 atom stereocenters. The van der Waals surface area contributed by atoms with E-state index in [0.29, 0.717) is 55.7 Å². The van der Waals surface area contributed by atoms with Crippen LogP contribution >= 0.6 is 15.9 Å². The molecule has 1 unspecified atom stereocenters. The van der Waals surface area contributed by atoms with Crippen molar-refractivity contribution in [2.24, 2.45) is 0 Å². The summed E-state index contributed by atoms with van der Waals surface area (Å²) in [6, 6.07) is 13.4. The zero-order valence-electron chi connectivity index (χ0n) is 32.1. The number of piperidine rings is 1. The molecule has 16 heteroatoms. The lowest BCUT2D eigenvalue weighted by molar-refractivity contribution is -0.137. The molecule has 3 aliphatic rings. The Balaban J connectivity index is 0.862. The van der Waals surface area contributed by atoms with Gasteiger partial charge in [-0.2, -0.15) is 0 Å². The van der Waals surface area contributed by atoms with Crippen molar-refractivity contribution in [3.63, 3.8) is 0 Å². The molecule has 14 nitrogen and oxygen atoms in total. The van der Waals surface area contributed by atoms with Gasteiger partial charge in [-0.15, -0.1) is 0 Å². The van der Waals surface area contributed by atoms with Crippen LogP contribution in [0.3, 0.4) is 0 Å². The molecule has 300 valence electrons. The number of nitrogens with zero attached hydrogens (tertiary/aromatic N) is 5. The zero-order valence-corrected chi connectivity index (χ0v) is 33.7. The number of aromatic nitrogens is 2. The van der Waals surface area contributed by atoms with Crippen LogP contribution in [-0.4, -0.2) is 107 Å². The molecule has 0 spiro atoms. The van der Waals surface area contributed by atoms with Crippen molar-refractivity contribution < 1.29 is 37.8 Å². The van der Waals surface area contributed by atoms with Gasteiger partial charge in [-0.25, -0.2) is 14.4 Å². The number of fused-ring (bicyclic) bond motifs is 2. The fourth-order valence-electron chi connectivity index (χ4n) is 7.49. The van der Waals surface area contributed by atoms with Crippen LogP contribution in [0, 0.1) is 12.7 Å². The Morgan fingerprint density at radius 3 is 2.58 bits per heavy atom. The molecule has 2 N–H and O–H groups in total. The number of imide groups is 1. The van der Waals surface area contributed by atoms with E-state index in [2.05, 4.69) is 55.5 Å². The Hall–Kier alpha value is -5.35. The van der Waals surface area contributed by atoms with Crippen molar-refractivity contribution in [3.8, 4) is 17.2 Å². The van der Waals surface area contributed by atoms with Gasteiger partial charge in [-0.05, 0) is 69.5 Å². The van der Waals surface area contributed by atoms with Gasteiger partial charge < -0.3 is 29.3 Å². The fraction of sp³-hybridized carbons (Fsp3) is 0.415. The number of amides is 4. The maximum Gasteiger partial charge on any atom is 0.260 e. The van der Waals surface area contributed by atoms with Gasteiger partial charge in [-0.3, -0.25) is 29.4 Å². The number of carbonyl (C=O) groups excluding carboxylic acids is 4. The van der Waals surface area contributed by atoms with E-state index < -0.39 is 29.6 Å². The van der Waals surface area contributed by atoms with E-state index in [1.165, 1.54) is 4.90 Å². The summed E-state index contributed by atoms with van der Waals surface area (Å²) in [5.74, 6) is 0.289. The van der Waals surface area contributed by atoms with Gasteiger partial charge in [0, 0.05) is 60.2 Å². The average Bonchev–Trinajstić information content (AvgIpc) is 3.51. The molecule has 2 saturated heterocycles. The molecule has 0 radical (unpaired) electrons. The van der Waals surface area contributed by atoms with Gasteiger partial charge in [0.2, 0.25) is 11.8 Å². The predicted octanol–water partition coefficient (Wildman–Crippen LogP) is 5.16. The number of anilines is 1. The van der Waals surface area contributed by atoms with E-state index in [1.54, 1.807) is 12.0 Å². The number of unbranched alkanes of at least 4 members (excludes halogenated alkanes) is 1. The summed E-state index contributed by atoms with van der Waals surface area (Å²) in [7, 11) is 1.62. The minimum Gasteiger partial charge on any atom is -0.493 e. The minimum atomic E-state index is -0.841. The first-order chi connectivity index (χ1) is 27.5. The predicted molar refractivity (Wildman–Crippen MR) is 213 cm³/mol. The van der Waals surface area contributed by atoms with Crippen molar-refractivity contribution in [1.82, 2.24) is 30.0 Å². The smallest absolute Gasteiger partial charge is 0.260 e. The van der Waals surface area contributed by atoms with E-state index in [0.717, 1.165) is 58.3 Å². The molecule has 1 aromatic heterocycles. The van der Waals surface area contributed by atoms with Gasteiger partial charge in [0.05, 0.1) is 37.4 Å². The molecular weight excluding hydrogens is 801 g/mol. The second-order valence-electron chi connectivity index (χ2n) is 14.5. The number of piperazine rings is 1. The van der Waals surface area contributed by atoms with Gasteiger partial charge in [0.15, 0.2) is 18.1 Å². The summed E-state index contributed by atoms with van der Waals surface area (Å²) in [4.78, 5) is 65.0. The highest BCUT2D eigenvalue weighted by Crippen LogP contribution is 2.37. The fourth-order valence-corrected chi connectivity index (χ4v) is 7.91. The molecule has 4 heterocycles. The second-order valence-corrected chi connectivity index (χ2v) is 15.4. The van der Waals surface area contributed by atoms with Gasteiger partial charge in [0.25, 0.3) is 11.8 Å². The Labute approximate surface area is 338 Å². The normalized spacial score (nSPS) is 17.7. The second kappa shape index (κ2) is 17.4. The van der Waals surface area contributed by atoms with E-state index in [4.69, 9.17) is 19.2 Å². The van der Waals surface area contributed by atoms with Crippen molar-refractivity contribution >= 4 is 56.3 Å². The lowest BCUT2D eigenvalue weighted by Crippen LogP contribution is -2.52. The number of ether oxygens (including phenoxy) is 3. The summed E-state index contributed by atoms with van der Waals surface area (Å²) in [6.07, 6.45) is 2.01. The number of benzene rings is 3. The quantitative estimate of drug-likeness (QED) is 0.128. The Kier molecular flexibility index (Phi) is 12.2. The standard InChI is InChI=1S/C41H45BrFN7O7/c1-24(26-7-6-8-27(42)17-26)44-39-30-20-35(55-3)36(21-32(30)45-25(2)46-39)56-16-5-4-11-48-12-14-49(15-13-48)38(52)23-57-34-19-28(43)18-29-31(34)22-50(41(29)54)33-9-10-37(51)47-40(33)53/h6-8,17-21,24,33H,4-5,9-16,22-23H2,1-3H3,(H,44,45,46)(H,47,51,53)/t24-,33?/m1/s1. The summed E-state index contributed by atoms with van der Waals surface area (Å²) >= 11 is 3.55. The summed E-state index contributed by atoms with van der Waals surface area (Å²) in [6.45, 7) is 7.45. The number of hydrogen-bond acceptors (Lipinski definition) is 11. The molecule has 4 amide bonds. The third-order valence-corrected chi connectivity index (χ3v) is 11.1. The number of hydrogen-bond donors (Lipinski definition) is 2. The van der Waals surface area contributed by atoms with Crippen LogP contribution in [0.15, 0.2) is 53.0 Å². The lowest BCUT2D eigenvalue weighted by Gasteiger charge is -2.34. The lowest BCUT2D eigenvalue weighted by atomic mass is 10.0. The van der Waals surface area contributed by atoms with Gasteiger partial charge in [-0.1, -0.05) is 28.1 Å². The molecular formula is C41H45BrFN7O7. The SMILES string of the molecule is COc1cc2c(N[C@H](C)c3cccc(Br)c3)nc(C)nc2cc1OCCCCN1CCN(C(=O)COc2cc(F)cc3c2CN(C2CCC(=O)NC2=O)C3=O)CC1. The number of carbonyl (C=O) groups is 4. The van der Waals surface area contributed by atoms with Gasteiger partial charge in [0.1, 0.15) is 29.3 Å². The molecule has 0 bridgehead atoms. The Bertz CT molecular complexity index is 2200. The van der Waals surface area contributed by atoms with Crippen LogP contribution in [0.1, 0.15) is 66.0 Å². The highest BCUT2D eigenvalue weighted by atomic mass is 79.9. The first-order valence-electron chi connectivity index (χ1n) is 19.1. The summed E-state index contributed by atoms with van der Waals surface area (Å²) in [5.41, 5.74) is 2.38. The van der Waals surface area contributed by atoms with Gasteiger partial charge >= 0.3 is 0 Å². The van der Waals surface area contributed by atoms with Crippen LogP contribution < -0.4 is 24.8 Å². The van der Waals surface area contributed by atoms with Crippen molar-refractivity contribution in [1.29, 1.82) is 0 Å². The van der Waals surface area contributed by atoms with E-state index in [1.807, 2.05) is 31.2 Å². The third kappa shape index (κ3) is 9.12. The highest BCUT2D eigenvalue weighted by molar-refractivity contribution is 9.10. The van der Waals surface area contributed by atoms with E-state index in [9.17, 15) is 23.6 Å². The molecule has 2 fully saturated rings. The van der Waals surface area contributed by atoms with Crippen LogP contribution in [0.4, 0.5) is 10.2 Å². The maximum absolute atomic E-state index is 14.6. The number of nitrogens with one attached hydrogen (secondary N) is 2. The van der Waals surface area contributed by atoms with Crippen LogP contribution in [0.2, 0.25) is 0 Å². The molecule has 3 aliphatic heterocycles. The zero-order chi connectivity index (χ0) is 40.2. The molecule has 3 aromatic carbocycles. The van der Waals surface area contributed by atoms with Crippen molar-refractivity contribution in [2.75, 3.05) is 58.4 Å². The van der Waals surface area contributed by atoms with E-state index in [-0.39, 0.29) is 49.3 Å². The monoisotopic (exact) mass is 845 g/mol. The average molecular weight is 847 g/mol. The van der Waals surface area contributed by atoms with Crippen LogP contribution in [0.5, 0.6) is 17.2 Å². The molecule has 7 rings (SSSR count). The number of aryl methyl sites for hydroxylation is 1. The first kappa shape index (κ1) is 39.9. The molecule has 0 saturated carbocycles. The Morgan fingerprint density at radius 1 is 1.02 bits per heavy atom. The molecule has 57 heavy (non-hydrogen) atoms. The topological polar surface area (TPSA) is 156 Å². The molecule has 4 aromatic rings. The van der Waals surface area contributed by atoms with Crippen LogP contribution in [-0.2, 0) is 20.9 Å². The minimum absolute atomic E-state index is 0.00403. The van der Waals surface area contributed by atoms with Crippen molar-refractivity contribution in [2.45, 2.75) is 58.2 Å². The summed E-state index contributed by atoms with van der Waals surface area (Å²) in [5, 5.41) is 6.63. The number of halogens is 2. The Morgan fingerprint density at radius 2 is 1.82 bits per heavy atom. The van der Waals surface area contributed by atoms with Crippen LogP contribution in [0.25, 0.3) is 10.9 Å². The van der Waals surface area contributed by atoms with E-state index >= 15 is 0 Å². The first-order valence-corrected chi connectivity index (χ1v) is 19.9. The maximum atomic E-state index is 14.6. The number of rotatable bonds is 14. The highest BCUT2D eigenvalue weighted by Gasteiger charge is 2.40.